The Kier molecular flexibility index (Phi) is 5.65. The number of fused-ring (bicyclic) bond motifs is 1. The van der Waals surface area contributed by atoms with Crippen molar-refractivity contribution < 1.29 is 9.59 Å². The zero-order valence-electron chi connectivity index (χ0n) is 14.2. The van der Waals surface area contributed by atoms with Crippen LogP contribution in [-0.2, 0) is 22.4 Å². The molecule has 2 atom stereocenters. The molecule has 5 nitrogen and oxygen atoms in total. The summed E-state index contributed by atoms with van der Waals surface area (Å²) in [4.78, 5) is 24.2. The van der Waals surface area contributed by atoms with E-state index >= 15 is 0 Å². The molecule has 6 heteroatoms. The Hall–Kier alpha value is -2.70. The first-order valence-electron chi connectivity index (χ1n) is 8.39. The van der Waals surface area contributed by atoms with Crippen molar-refractivity contribution in [2.24, 2.45) is 11.5 Å². The van der Waals surface area contributed by atoms with Crippen LogP contribution < -0.4 is 16.8 Å². The molecule has 2 amide bonds. The van der Waals surface area contributed by atoms with Gasteiger partial charge in [0.25, 0.3) is 0 Å². The lowest BCUT2D eigenvalue weighted by Crippen LogP contribution is -2.51. The standard InChI is InChI=1S/C20H21N3O2S/c21-16(11-14-12-26-18-9-5-4-8-15(14)18)20(25)23-17(19(22)24)10-13-6-2-1-3-7-13/h1-9,12,16-17H,10-11,21H2,(H2,22,24)(H,23,25)/t16-,17+/m0/s1. The minimum atomic E-state index is -0.782. The second-order valence-electron chi connectivity index (χ2n) is 6.22. The van der Waals surface area contributed by atoms with Crippen LogP contribution in [-0.4, -0.2) is 23.9 Å². The van der Waals surface area contributed by atoms with Gasteiger partial charge in [-0.1, -0.05) is 48.5 Å². The highest BCUT2D eigenvalue weighted by Gasteiger charge is 2.23. The van der Waals surface area contributed by atoms with E-state index in [2.05, 4.69) is 5.32 Å². The van der Waals surface area contributed by atoms with Crippen LogP contribution in [0, 0.1) is 0 Å². The largest absolute Gasteiger partial charge is 0.368 e. The molecule has 1 aromatic heterocycles. The molecule has 0 bridgehead atoms. The zero-order valence-corrected chi connectivity index (χ0v) is 15.0. The molecule has 0 fully saturated rings. The summed E-state index contributed by atoms with van der Waals surface area (Å²) in [5.41, 5.74) is 13.5. The van der Waals surface area contributed by atoms with Crippen LogP contribution in [0.5, 0.6) is 0 Å². The molecule has 0 aliphatic heterocycles. The maximum Gasteiger partial charge on any atom is 0.240 e. The molecular weight excluding hydrogens is 346 g/mol. The summed E-state index contributed by atoms with van der Waals surface area (Å²) >= 11 is 1.63. The van der Waals surface area contributed by atoms with E-state index in [1.54, 1.807) is 11.3 Å². The maximum absolute atomic E-state index is 12.5. The van der Waals surface area contributed by atoms with Gasteiger partial charge in [-0.2, -0.15) is 0 Å². The second-order valence-corrected chi connectivity index (χ2v) is 7.13. The number of nitrogens with two attached hydrogens (primary N) is 2. The fraction of sp³-hybridized carbons (Fsp3) is 0.200. The fourth-order valence-corrected chi connectivity index (χ4v) is 3.85. The molecule has 3 rings (SSSR count). The third-order valence-electron chi connectivity index (χ3n) is 4.28. The highest BCUT2D eigenvalue weighted by Crippen LogP contribution is 2.26. The molecule has 5 N–H and O–H groups in total. The Labute approximate surface area is 156 Å². The summed E-state index contributed by atoms with van der Waals surface area (Å²) in [7, 11) is 0. The van der Waals surface area contributed by atoms with Crippen LogP contribution in [0.25, 0.3) is 10.1 Å². The Morgan fingerprint density at radius 1 is 1.00 bits per heavy atom. The van der Waals surface area contributed by atoms with Crippen molar-refractivity contribution in [2.75, 3.05) is 0 Å². The molecule has 0 saturated heterocycles. The summed E-state index contributed by atoms with van der Waals surface area (Å²) in [6.45, 7) is 0. The second kappa shape index (κ2) is 8.12. The summed E-state index contributed by atoms with van der Waals surface area (Å²) in [6.07, 6.45) is 0.753. The van der Waals surface area contributed by atoms with Crippen molar-refractivity contribution in [1.29, 1.82) is 0 Å². The van der Waals surface area contributed by atoms with Crippen LogP contribution >= 0.6 is 11.3 Å². The van der Waals surface area contributed by atoms with E-state index < -0.39 is 18.0 Å². The van der Waals surface area contributed by atoms with Crippen LogP contribution in [0.1, 0.15) is 11.1 Å². The molecule has 0 aliphatic rings. The van der Waals surface area contributed by atoms with Gasteiger partial charge in [0.15, 0.2) is 0 Å². The van der Waals surface area contributed by atoms with Gasteiger partial charge in [-0.15, -0.1) is 11.3 Å². The average molecular weight is 367 g/mol. The lowest BCUT2D eigenvalue weighted by Gasteiger charge is -2.18. The first kappa shape index (κ1) is 18.1. The van der Waals surface area contributed by atoms with Gasteiger partial charge in [0, 0.05) is 11.1 Å². The Morgan fingerprint density at radius 3 is 2.42 bits per heavy atom. The minimum absolute atomic E-state index is 0.343. The molecule has 1 heterocycles. The van der Waals surface area contributed by atoms with Crippen LogP contribution in [0.3, 0.4) is 0 Å². The van der Waals surface area contributed by atoms with E-state index in [0.717, 1.165) is 21.2 Å². The number of hydrogen-bond acceptors (Lipinski definition) is 4. The van der Waals surface area contributed by atoms with E-state index in [4.69, 9.17) is 11.5 Å². The van der Waals surface area contributed by atoms with Gasteiger partial charge >= 0.3 is 0 Å². The number of hydrogen-bond donors (Lipinski definition) is 3. The molecule has 0 aliphatic carbocycles. The van der Waals surface area contributed by atoms with E-state index in [9.17, 15) is 9.59 Å². The SMILES string of the molecule is NC(=O)[C@@H](Cc1ccccc1)NC(=O)[C@@H](N)Cc1csc2ccccc12. The van der Waals surface area contributed by atoms with E-state index in [-0.39, 0.29) is 5.91 Å². The van der Waals surface area contributed by atoms with Gasteiger partial charge in [0.2, 0.25) is 11.8 Å². The lowest BCUT2D eigenvalue weighted by molar-refractivity contribution is -0.128. The zero-order chi connectivity index (χ0) is 18.5. The van der Waals surface area contributed by atoms with Crippen molar-refractivity contribution in [1.82, 2.24) is 5.32 Å². The number of carbonyl (C=O) groups is 2. The first-order chi connectivity index (χ1) is 12.5. The molecular formula is C20H21N3O2S. The summed E-state index contributed by atoms with van der Waals surface area (Å²) in [5.74, 6) is -0.949. The normalized spacial score (nSPS) is 13.3. The van der Waals surface area contributed by atoms with Crippen molar-refractivity contribution in [3.05, 3.63) is 71.1 Å². The van der Waals surface area contributed by atoms with Gasteiger partial charge < -0.3 is 16.8 Å². The number of carbonyl (C=O) groups excluding carboxylic acids is 2. The molecule has 134 valence electrons. The Morgan fingerprint density at radius 2 is 1.69 bits per heavy atom. The highest BCUT2D eigenvalue weighted by molar-refractivity contribution is 7.17. The maximum atomic E-state index is 12.5. The van der Waals surface area contributed by atoms with Crippen LogP contribution in [0.4, 0.5) is 0 Å². The molecule has 2 aromatic carbocycles. The van der Waals surface area contributed by atoms with Gasteiger partial charge in [0.05, 0.1) is 6.04 Å². The summed E-state index contributed by atoms with van der Waals surface area (Å²) < 4.78 is 1.16. The van der Waals surface area contributed by atoms with Gasteiger partial charge in [0.1, 0.15) is 6.04 Å². The number of rotatable bonds is 7. The van der Waals surface area contributed by atoms with Gasteiger partial charge in [-0.05, 0) is 34.4 Å². The van der Waals surface area contributed by atoms with Crippen molar-refractivity contribution in [3.8, 4) is 0 Å². The highest BCUT2D eigenvalue weighted by atomic mass is 32.1. The molecule has 0 spiro atoms. The van der Waals surface area contributed by atoms with Gasteiger partial charge in [-0.25, -0.2) is 0 Å². The Bertz CT molecular complexity index is 908. The number of thiophene rings is 1. The predicted molar refractivity (Wildman–Crippen MR) is 105 cm³/mol. The topological polar surface area (TPSA) is 98.2 Å². The predicted octanol–water partition coefficient (Wildman–Crippen LogP) is 1.98. The van der Waals surface area contributed by atoms with E-state index in [0.29, 0.717) is 12.8 Å². The monoisotopic (exact) mass is 367 g/mol. The fourth-order valence-electron chi connectivity index (χ4n) is 2.87. The lowest BCUT2D eigenvalue weighted by atomic mass is 10.0. The quantitative estimate of drug-likeness (QED) is 0.595. The smallest absolute Gasteiger partial charge is 0.240 e. The summed E-state index contributed by atoms with van der Waals surface area (Å²) in [6, 6.07) is 15.9. The van der Waals surface area contributed by atoms with Gasteiger partial charge in [-0.3, -0.25) is 9.59 Å². The molecule has 0 unspecified atom stereocenters. The van der Waals surface area contributed by atoms with E-state index in [1.165, 1.54) is 0 Å². The number of amides is 2. The molecule has 26 heavy (non-hydrogen) atoms. The van der Waals surface area contributed by atoms with Crippen LogP contribution in [0.15, 0.2) is 60.0 Å². The Balaban J connectivity index is 1.66. The van der Waals surface area contributed by atoms with Crippen molar-refractivity contribution in [3.63, 3.8) is 0 Å². The van der Waals surface area contributed by atoms with Crippen molar-refractivity contribution in [2.45, 2.75) is 24.9 Å². The number of primary amides is 1. The van der Waals surface area contributed by atoms with Crippen molar-refractivity contribution >= 4 is 33.2 Å². The molecule has 0 radical (unpaired) electrons. The third kappa shape index (κ3) is 4.28. The van der Waals surface area contributed by atoms with Crippen LogP contribution in [0.2, 0.25) is 0 Å². The first-order valence-corrected chi connectivity index (χ1v) is 9.27. The number of benzene rings is 2. The third-order valence-corrected chi connectivity index (χ3v) is 5.29. The van der Waals surface area contributed by atoms with E-state index in [1.807, 2.05) is 60.0 Å². The molecule has 3 aromatic rings. The molecule has 0 saturated carbocycles. The number of nitrogens with one attached hydrogen (secondary N) is 1. The summed E-state index contributed by atoms with van der Waals surface area (Å²) in [5, 5.41) is 5.82. The minimum Gasteiger partial charge on any atom is -0.368 e. The average Bonchev–Trinajstić information content (AvgIpc) is 3.05.